The molecule has 1 atom stereocenters. The fourth-order valence-electron chi connectivity index (χ4n) is 3.38. The van der Waals surface area contributed by atoms with Gasteiger partial charge in [0.15, 0.2) is 0 Å². The molecular weight excluding hydrogens is 330 g/mol. The van der Waals surface area contributed by atoms with Crippen LogP contribution in [0.5, 0.6) is 0 Å². The van der Waals surface area contributed by atoms with Crippen molar-refractivity contribution < 1.29 is 4.79 Å². The van der Waals surface area contributed by atoms with Gasteiger partial charge in [-0.1, -0.05) is 18.2 Å². The molecule has 1 aromatic heterocycles. The smallest absolute Gasteiger partial charge is 0.244 e. The first-order valence-corrected chi connectivity index (χ1v) is 9.93. The quantitative estimate of drug-likeness (QED) is 0.742. The van der Waals surface area contributed by atoms with Gasteiger partial charge >= 0.3 is 0 Å². The van der Waals surface area contributed by atoms with Gasteiger partial charge in [0.05, 0.1) is 0 Å². The molecule has 4 nitrogen and oxygen atoms in total. The minimum absolute atomic E-state index is 0.143. The molecule has 132 valence electrons. The number of likely N-dealkylation sites (N-methyl/N-ethyl adjacent to an activating group) is 1. The monoisotopic (exact) mass is 355 g/mol. The van der Waals surface area contributed by atoms with Crippen LogP contribution < -0.4 is 0 Å². The van der Waals surface area contributed by atoms with E-state index in [4.69, 9.17) is 0 Å². The highest BCUT2D eigenvalue weighted by Gasteiger charge is 2.31. The molecule has 5 heteroatoms. The third kappa shape index (κ3) is 4.41. The van der Waals surface area contributed by atoms with Crippen LogP contribution in [0, 0.1) is 0 Å². The first kappa shape index (κ1) is 18.0. The van der Waals surface area contributed by atoms with Gasteiger partial charge in [-0.25, -0.2) is 0 Å². The summed E-state index contributed by atoms with van der Waals surface area (Å²) in [6.07, 6.45) is 7.96. The summed E-state index contributed by atoms with van der Waals surface area (Å²) < 4.78 is 0. The lowest BCUT2D eigenvalue weighted by Gasteiger charge is -2.30. The number of pyridine rings is 1. The van der Waals surface area contributed by atoms with Crippen LogP contribution in [0.2, 0.25) is 0 Å². The highest BCUT2D eigenvalue weighted by molar-refractivity contribution is 7.98. The zero-order chi connectivity index (χ0) is 17.6. The molecular formula is C20H25N3OS. The number of hydrogen-bond acceptors (Lipinski definition) is 4. The van der Waals surface area contributed by atoms with Gasteiger partial charge in [-0.3, -0.25) is 14.7 Å². The van der Waals surface area contributed by atoms with Crippen LogP contribution in [-0.4, -0.2) is 47.1 Å². The molecule has 1 aliphatic heterocycles. The van der Waals surface area contributed by atoms with Crippen LogP contribution >= 0.6 is 11.8 Å². The van der Waals surface area contributed by atoms with E-state index in [0.29, 0.717) is 6.54 Å². The van der Waals surface area contributed by atoms with E-state index >= 15 is 0 Å². The lowest BCUT2D eigenvalue weighted by Crippen LogP contribution is -2.40. The van der Waals surface area contributed by atoms with Crippen molar-refractivity contribution in [3.05, 3.63) is 59.9 Å². The fraction of sp³-hybridized carbons (Fsp3) is 0.400. The molecule has 25 heavy (non-hydrogen) atoms. The summed E-state index contributed by atoms with van der Waals surface area (Å²) in [5.74, 6) is 0.143. The molecule has 1 aromatic carbocycles. The summed E-state index contributed by atoms with van der Waals surface area (Å²) in [5.41, 5.74) is 2.15. The van der Waals surface area contributed by atoms with Gasteiger partial charge in [0.2, 0.25) is 5.91 Å². The molecule has 1 fully saturated rings. The number of thioether (sulfide) groups is 1. The third-order valence-corrected chi connectivity index (χ3v) is 5.40. The Kier molecular flexibility index (Phi) is 6.10. The molecule has 1 aliphatic rings. The number of carbonyl (C=O) groups is 1. The van der Waals surface area contributed by atoms with E-state index in [9.17, 15) is 4.79 Å². The molecule has 1 saturated heterocycles. The van der Waals surface area contributed by atoms with E-state index in [1.165, 1.54) is 4.90 Å². The van der Waals surface area contributed by atoms with Crippen molar-refractivity contribution in [1.82, 2.24) is 14.8 Å². The number of amides is 1. The molecule has 0 aliphatic carbocycles. The second-order valence-corrected chi connectivity index (χ2v) is 7.36. The highest BCUT2D eigenvalue weighted by Crippen LogP contribution is 2.27. The van der Waals surface area contributed by atoms with Crippen molar-refractivity contribution >= 4 is 17.7 Å². The van der Waals surface area contributed by atoms with Crippen molar-refractivity contribution in [3.63, 3.8) is 0 Å². The largest absolute Gasteiger partial charge is 0.340 e. The molecule has 0 spiro atoms. The van der Waals surface area contributed by atoms with Crippen LogP contribution in [0.15, 0.2) is 53.7 Å². The van der Waals surface area contributed by atoms with Crippen molar-refractivity contribution in [2.45, 2.75) is 30.3 Å². The normalized spacial score (nSPS) is 15.9. The minimum Gasteiger partial charge on any atom is -0.340 e. The highest BCUT2D eigenvalue weighted by atomic mass is 32.2. The van der Waals surface area contributed by atoms with E-state index in [2.05, 4.69) is 40.4 Å². The maximum atomic E-state index is 13.2. The zero-order valence-electron chi connectivity index (χ0n) is 14.9. The summed E-state index contributed by atoms with van der Waals surface area (Å²) >= 11 is 1.72. The average Bonchev–Trinajstić information content (AvgIpc) is 3.17. The SMILES string of the molecule is CSc1cccc(CN(C)C(=O)[C@H](c2cccnc2)N2CCCC2)c1. The Morgan fingerprint density at radius 1 is 1.28 bits per heavy atom. The number of rotatable bonds is 6. The van der Waals surface area contributed by atoms with Gasteiger partial charge in [0.1, 0.15) is 6.04 Å². The number of hydrogen-bond donors (Lipinski definition) is 0. The summed E-state index contributed by atoms with van der Waals surface area (Å²) in [6, 6.07) is 12.1. The van der Waals surface area contributed by atoms with Gasteiger partial charge in [-0.2, -0.15) is 0 Å². The maximum absolute atomic E-state index is 13.2. The van der Waals surface area contributed by atoms with Crippen LogP contribution in [0.1, 0.15) is 30.0 Å². The average molecular weight is 356 g/mol. The third-order valence-electron chi connectivity index (χ3n) is 4.67. The Hall–Kier alpha value is -1.85. The van der Waals surface area contributed by atoms with E-state index in [1.54, 1.807) is 18.0 Å². The number of likely N-dealkylation sites (tertiary alicyclic amines) is 1. The zero-order valence-corrected chi connectivity index (χ0v) is 15.7. The molecule has 0 bridgehead atoms. The number of nitrogens with zero attached hydrogens (tertiary/aromatic N) is 3. The van der Waals surface area contributed by atoms with Gasteiger partial charge in [-0.05, 0) is 61.5 Å². The maximum Gasteiger partial charge on any atom is 0.244 e. The molecule has 0 unspecified atom stereocenters. The van der Waals surface area contributed by atoms with Gasteiger partial charge in [0, 0.05) is 30.9 Å². The number of aromatic nitrogens is 1. The number of benzene rings is 1. The van der Waals surface area contributed by atoms with Crippen molar-refractivity contribution in [3.8, 4) is 0 Å². The molecule has 0 N–H and O–H groups in total. The van der Waals surface area contributed by atoms with E-state index < -0.39 is 0 Å². The van der Waals surface area contributed by atoms with Crippen molar-refractivity contribution in [2.75, 3.05) is 26.4 Å². The van der Waals surface area contributed by atoms with Crippen LogP contribution in [-0.2, 0) is 11.3 Å². The Labute approximate surface area is 154 Å². The van der Waals surface area contributed by atoms with Gasteiger partial charge < -0.3 is 4.90 Å². The Balaban J connectivity index is 1.79. The molecule has 2 aromatic rings. The van der Waals surface area contributed by atoms with Crippen molar-refractivity contribution in [1.29, 1.82) is 0 Å². The van der Waals surface area contributed by atoms with Gasteiger partial charge in [-0.15, -0.1) is 11.8 Å². The summed E-state index contributed by atoms with van der Waals surface area (Å²) in [6.45, 7) is 2.57. The summed E-state index contributed by atoms with van der Waals surface area (Å²) in [4.78, 5) is 22.8. The van der Waals surface area contributed by atoms with Gasteiger partial charge in [0.25, 0.3) is 0 Å². The minimum atomic E-state index is -0.232. The molecule has 1 amide bonds. The molecule has 0 radical (unpaired) electrons. The molecule has 2 heterocycles. The first-order chi connectivity index (χ1) is 12.2. The Morgan fingerprint density at radius 2 is 2.08 bits per heavy atom. The second kappa shape index (κ2) is 8.50. The molecule has 0 saturated carbocycles. The Bertz CT molecular complexity index is 701. The van der Waals surface area contributed by atoms with E-state index in [1.807, 2.05) is 30.3 Å². The Morgan fingerprint density at radius 3 is 2.76 bits per heavy atom. The van der Waals surface area contributed by atoms with E-state index in [0.717, 1.165) is 37.1 Å². The lowest BCUT2D eigenvalue weighted by molar-refractivity contribution is -0.136. The van der Waals surface area contributed by atoms with Crippen LogP contribution in [0.4, 0.5) is 0 Å². The topological polar surface area (TPSA) is 36.4 Å². The summed E-state index contributed by atoms with van der Waals surface area (Å²) in [7, 11) is 1.90. The predicted molar refractivity (Wildman–Crippen MR) is 102 cm³/mol. The molecule has 3 rings (SSSR count). The van der Waals surface area contributed by atoms with E-state index in [-0.39, 0.29) is 11.9 Å². The van der Waals surface area contributed by atoms with Crippen LogP contribution in [0.25, 0.3) is 0 Å². The number of carbonyl (C=O) groups excluding carboxylic acids is 1. The van der Waals surface area contributed by atoms with Crippen molar-refractivity contribution in [2.24, 2.45) is 0 Å². The lowest BCUT2D eigenvalue weighted by atomic mass is 10.1. The van der Waals surface area contributed by atoms with Crippen LogP contribution in [0.3, 0.4) is 0 Å². The first-order valence-electron chi connectivity index (χ1n) is 8.71. The second-order valence-electron chi connectivity index (χ2n) is 6.48. The standard InChI is InChI=1S/C20H25N3OS/c1-22(15-16-7-5-9-18(13-16)25-2)20(24)19(23-11-3-4-12-23)17-8-6-10-21-14-17/h5-10,13-14,19H,3-4,11-12,15H2,1-2H3/t19-/m0/s1. The summed E-state index contributed by atoms with van der Waals surface area (Å²) in [5, 5.41) is 0. The predicted octanol–water partition coefficient (Wildman–Crippen LogP) is 3.60. The fourth-order valence-corrected chi connectivity index (χ4v) is 3.86.